The standard InChI is InChI=1S/C12H23N3O2/c1-3-14-6-9-15(4-2,10-7-14)8-5-13-12(17)11-16/h11H,3-10H2,1-2H3/p+1. The minimum absolute atomic E-state index is 0.339. The van der Waals surface area contributed by atoms with Gasteiger partial charge in [-0.25, -0.2) is 0 Å². The Morgan fingerprint density at radius 3 is 2.47 bits per heavy atom. The second-order valence-electron chi connectivity index (χ2n) is 4.67. The van der Waals surface area contributed by atoms with E-state index in [0.717, 1.165) is 50.3 Å². The molecular weight excluding hydrogens is 218 g/mol. The van der Waals surface area contributed by atoms with E-state index >= 15 is 0 Å². The van der Waals surface area contributed by atoms with Gasteiger partial charge < -0.3 is 9.80 Å². The summed E-state index contributed by atoms with van der Waals surface area (Å²) in [7, 11) is 0. The first-order valence-corrected chi connectivity index (χ1v) is 6.46. The molecule has 1 aliphatic rings. The SMILES string of the molecule is CCN1CC[N+](CC)(CCNC(=O)C=O)CC1. The zero-order valence-corrected chi connectivity index (χ0v) is 10.9. The lowest BCUT2D eigenvalue weighted by molar-refractivity contribution is -0.929. The van der Waals surface area contributed by atoms with E-state index in [1.165, 1.54) is 0 Å². The van der Waals surface area contributed by atoms with Gasteiger partial charge in [-0.3, -0.25) is 14.5 Å². The lowest BCUT2D eigenvalue weighted by Crippen LogP contribution is -2.61. The van der Waals surface area contributed by atoms with Crippen molar-refractivity contribution in [2.24, 2.45) is 0 Å². The van der Waals surface area contributed by atoms with Crippen molar-refractivity contribution in [3.63, 3.8) is 0 Å². The smallest absolute Gasteiger partial charge is 0.284 e. The van der Waals surface area contributed by atoms with E-state index in [-0.39, 0.29) is 0 Å². The third-order valence-electron chi connectivity index (χ3n) is 3.89. The normalized spacial score (nSPS) is 19.9. The average Bonchev–Trinajstić information content (AvgIpc) is 2.39. The van der Waals surface area contributed by atoms with Crippen molar-refractivity contribution >= 4 is 12.2 Å². The maximum Gasteiger partial charge on any atom is 0.284 e. The molecule has 5 nitrogen and oxygen atoms in total. The zero-order chi connectivity index (χ0) is 12.7. The lowest BCUT2D eigenvalue weighted by atomic mass is 10.2. The van der Waals surface area contributed by atoms with Gasteiger partial charge in [0.05, 0.1) is 32.7 Å². The number of piperazine rings is 1. The summed E-state index contributed by atoms with van der Waals surface area (Å²) in [5.41, 5.74) is 0. The third kappa shape index (κ3) is 4.09. The molecule has 1 rings (SSSR count). The Morgan fingerprint density at radius 2 is 2.00 bits per heavy atom. The van der Waals surface area contributed by atoms with Gasteiger partial charge in [0.1, 0.15) is 0 Å². The maximum absolute atomic E-state index is 10.9. The van der Waals surface area contributed by atoms with Crippen molar-refractivity contribution < 1.29 is 14.1 Å². The fourth-order valence-electron chi connectivity index (χ4n) is 2.40. The summed E-state index contributed by atoms with van der Waals surface area (Å²) < 4.78 is 1.05. The Morgan fingerprint density at radius 1 is 1.35 bits per heavy atom. The number of likely N-dealkylation sites (N-methyl/N-ethyl adjacent to an activating group) is 2. The van der Waals surface area contributed by atoms with E-state index in [2.05, 4.69) is 24.1 Å². The van der Waals surface area contributed by atoms with Gasteiger partial charge in [-0.1, -0.05) is 6.92 Å². The molecule has 0 saturated carbocycles. The summed E-state index contributed by atoms with van der Waals surface area (Å²) in [6.07, 6.45) is 0.339. The van der Waals surface area contributed by atoms with E-state index in [0.29, 0.717) is 12.8 Å². The number of hydrogen-bond acceptors (Lipinski definition) is 3. The Hall–Kier alpha value is -0.940. The Labute approximate surface area is 103 Å². The van der Waals surface area contributed by atoms with Crippen LogP contribution in [-0.2, 0) is 9.59 Å². The number of quaternary nitrogens is 1. The summed E-state index contributed by atoms with van der Waals surface area (Å²) in [5.74, 6) is -0.508. The molecule has 1 saturated heterocycles. The zero-order valence-electron chi connectivity index (χ0n) is 10.9. The van der Waals surface area contributed by atoms with Crippen LogP contribution in [0.1, 0.15) is 13.8 Å². The summed E-state index contributed by atoms with van der Waals surface area (Å²) in [4.78, 5) is 23.5. The van der Waals surface area contributed by atoms with E-state index in [9.17, 15) is 9.59 Å². The molecule has 5 heteroatoms. The number of aldehydes is 1. The molecule has 0 aliphatic carbocycles. The van der Waals surface area contributed by atoms with Crippen molar-refractivity contribution in [1.82, 2.24) is 10.2 Å². The molecule has 1 fully saturated rings. The highest BCUT2D eigenvalue weighted by atomic mass is 16.2. The summed E-state index contributed by atoms with van der Waals surface area (Å²) in [6.45, 7) is 12.7. The van der Waals surface area contributed by atoms with E-state index in [1.807, 2.05) is 0 Å². The topological polar surface area (TPSA) is 49.4 Å². The first-order valence-electron chi connectivity index (χ1n) is 6.46. The summed E-state index contributed by atoms with van der Waals surface area (Å²) in [5, 5.41) is 2.63. The Bertz CT molecular complexity index is 260. The highest BCUT2D eigenvalue weighted by Crippen LogP contribution is 2.12. The van der Waals surface area contributed by atoms with Gasteiger partial charge in [0, 0.05) is 13.1 Å². The monoisotopic (exact) mass is 242 g/mol. The van der Waals surface area contributed by atoms with Crippen LogP contribution in [-0.4, -0.2) is 73.9 Å². The minimum atomic E-state index is -0.508. The average molecular weight is 242 g/mol. The summed E-state index contributed by atoms with van der Waals surface area (Å²) >= 11 is 0. The van der Waals surface area contributed by atoms with Crippen molar-refractivity contribution in [2.45, 2.75) is 13.8 Å². The van der Waals surface area contributed by atoms with Gasteiger partial charge >= 0.3 is 0 Å². The molecule has 1 N–H and O–H groups in total. The Kier molecular flexibility index (Phi) is 5.58. The van der Waals surface area contributed by atoms with Crippen LogP contribution in [0.3, 0.4) is 0 Å². The second-order valence-corrected chi connectivity index (χ2v) is 4.67. The van der Waals surface area contributed by atoms with Crippen molar-refractivity contribution in [1.29, 1.82) is 0 Å². The van der Waals surface area contributed by atoms with Crippen molar-refractivity contribution in [2.75, 3.05) is 52.4 Å². The van der Waals surface area contributed by atoms with Crippen LogP contribution in [0.25, 0.3) is 0 Å². The van der Waals surface area contributed by atoms with E-state index in [1.54, 1.807) is 0 Å². The van der Waals surface area contributed by atoms with Crippen LogP contribution in [0.4, 0.5) is 0 Å². The third-order valence-corrected chi connectivity index (χ3v) is 3.89. The highest BCUT2D eigenvalue weighted by Gasteiger charge is 2.30. The molecule has 0 bridgehead atoms. The predicted octanol–water partition coefficient (Wildman–Crippen LogP) is -0.526. The molecular formula is C12H24N3O2+. The van der Waals surface area contributed by atoms with Crippen LogP contribution in [0.2, 0.25) is 0 Å². The van der Waals surface area contributed by atoms with Gasteiger partial charge in [-0.05, 0) is 13.5 Å². The number of amides is 1. The largest absolute Gasteiger partial charge is 0.344 e. The molecule has 1 amide bonds. The summed E-state index contributed by atoms with van der Waals surface area (Å²) in [6, 6.07) is 0. The number of nitrogens with one attached hydrogen (secondary N) is 1. The fourth-order valence-corrected chi connectivity index (χ4v) is 2.40. The molecule has 0 atom stereocenters. The highest BCUT2D eigenvalue weighted by molar-refractivity contribution is 6.23. The van der Waals surface area contributed by atoms with Crippen molar-refractivity contribution in [3.8, 4) is 0 Å². The molecule has 98 valence electrons. The van der Waals surface area contributed by atoms with Gasteiger partial charge in [-0.2, -0.15) is 0 Å². The molecule has 0 spiro atoms. The van der Waals surface area contributed by atoms with Gasteiger partial charge in [0.2, 0.25) is 6.29 Å². The number of rotatable bonds is 6. The molecule has 1 aliphatic heterocycles. The lowest BCUT2D eigenvalue weighted by Gasteiger charge is -2.44. The molecule has 0 aromatic carbocycles. The number of carbonyl (C=O) groups is 2. The molecule has 0 radical (unpaired) electrons. The Balaban J connectivity index is 2.37. The number of nitrogens with zero attached hydrogens (tertiary/aromatic N) is 2. The van der Waals surface area contributed by atoms with Crippen LogP contribution in [0.15, 0.2) is 0 Å². The predicted molar refractivity (Wildman–Crippen MR) is 66.6 cm³/mol. The first-order chi connectivity index (χ1) is 8.15. The minimum Gasteiger partial charge on any atom is -0.344 e. The van der Waals surface area contributed by atoms with Gasteiger partial charge in [-0.15, -0.1) is 0 Å². The molecule has 0 aromatic rings. The number of hydrogen-bond donors (Lipinski definition) is 1. The van der Waals surface area contributed by atoms with Gasteiger partial charge in [0.25, 0.3) is 5.91 Å². The molecule has 0 unspecified atom stereocenters. The van der Waals surface area contributed by atoms with Gasteiger partial charge in [0.15, 0.2) is 0 Å². The molecule has 0 aromatic heterocycles. The molecule has 17 heavy (non-hydrogen) atoms. The van der Waals surface area contributed by atoms with E-state index < -0.39 is 5.91 Å². The second kappa shape index (κ2) is 6.71. The van der Waals surface area contributed by atoms with Crippen LogP contribution in [0, 0.1) is 0 Å². The first kappa shape index (κ1) is 14.1. The van der Waals surface area contributed by atoms with E-state index in [4.69, 9.17) is 0 Å². The quantitative estimate of drug-likeness (QED) is 0.387. The van der Waals surface area contributed by atoms with Crippen LogP contribution < -0.4 is 5.32 Å². The van der Waals surface area contributed by atoms with Crippen LogP contribution in [0.5, 0.6) is 0 Å². The van der Waals surface area contributed by atoms with Crippen molar-refractivity contribution in [3.05, 3.63) is 0 Å². The maximum atomic E-state index is 10.9. The molecule has 1 heterocycles. The number of carbonyl (C=O) groups excluding carboxylic acids is 2. The fraction of sp³-hybridized carbons (Fsp3) is 0.833. The van der Waals surface area contributed by atoms with Crippen LogP contribution >= 0.6 is 0 Å².